The maximum atomic E-state index is 12.3. The molecule has 1 aliphatic heterocycles. The van der Waals surface area contributed by atoms with Crippen LogP contribution in [0, 0.1) is 17.2 Å². The summed E-state index contributed by atoms with van der Waals surface area (Å²) in [5, 5.41) is 12.4. The van der Waals surface area contributed by atoms with Crippen molar-refractivity contribution in [3.05, 3.63) is 53.4 Å². The highest BCUT2D eigenvalue weighted by Crippen LogP contribution is 2.25. The van der Waals surface area contributed by atoms with Gasteiger partial charge in [0.15, 0.2) is 10.7 Å². The Morgan fingerprint density at radius 3 is 2.65 bits per heavy atom. The Morgan fingerprint density at radius 2 is 2.00 bits per heavy atom. The maximum absolute atomic E-state index is 12.3. The second-order valence-corrected chi connectivity index (χ2v) is 6.76. The van der Waals surface area contributed by atoms with Gasteiger partial charge in [0.2, 0.25) is 0 Å². The van der Waals surface area contributed by atoms with Gasteiger partial charge in [-0.05, 0) is 18.8 Å². The molecule has 134 valence electrons. The Hall–Kier alpha value is -2.58. The highest BCUT2D eigenvalue weighted by atomic mass is 35.5. The predicted molar refractivity (Wildman–Crippen MR) is 101 cm³/mol. The number of nitriles is 1. The first-order chi connectivity index (χ1) is 12.7. The van der Waals surface area contributed by atoms with E-state index in [0.717, 1.165) is 18.4 Å². The largest absolute Gasteiger partial charge is 0.461 e. The molecule has 1 aromatic carbocycles. The van der Waals surface area contributed by atoms with Crippen molar-refractivity contribution in [1.82, 2.24) is 5.32 Å². The van der Waals surface area contributed by atoms with Crippen LogP contribution in [0.2, 0.25) is 0 Å². The van der Waals surface area contributed by atoms with Gasteiger partial charge in [-0.3, -0.25) is 0 Å². The highest BCUT2D eigenvalue weighted by molar-refractivity contribution is 6.70. The molecule has 3 rings (SSSR count). The van der Waals surface area contributed by atoms with Crippen molar-refractivity contribution in [3.63, 3.8) is 0 Å². The Labute approximate surface area is 158 Å². The third-order valence-corrected chi connectivity index (χ3v) is 4.86. The van der Waals surface area contributed by atoms with Crippen LogP contribution >= 0.6 is 11.6 Å². The minimum atomic E-state index is -0.662. The first-order valence-electron chi connectivity index (χ1n) is 8.77. The molecule has 1 heterocycles. The molecule has 1 N–H and O–H groups in total. The summed E-state index contributed by atoms with van der Waals surface area (Å²) in [7, 11) is 0. The zero-order chi connectivity index (χ0) is 18.4. The van der Waals surface area contributed by atoms with E-state index in [0.29, 0.717) is 18.2 Å². The van der Waals surface area contributed by atoms with E-state index in [4.69, 9.17) is 16.3 Å². The molecule has 0 aromatic heterocycles. The number of aliphatic imine (C=N–C) groups is 1. The second-order valence-electron chi connectivity index (χ2n) is 6.41. The standard InChI is InChI=1S/C20H20ClN3O2/c21-19-18(23-12-17(24-19)15-9-5-2-6-10-15)16(11-22)20(25)26-13-14-7-3-1-4-8-14/h2,5-6,9-10,12,14,23H,1,3-4,7-8,13H2. The van der Waals surface area contributed by atoms with E-state index >= 15 is 0 Å². The number of benzene rings is 1. The zero-order valence-electron chi connectivity index (χ0n) is 14.4. The average molecular weight is 370 g/mol. The molecule has 0 atom stereocenters. The SMILES string of the molecule is N#CC(C(=O)OCC1CCCCC1)=C1NC=C(c2ccccc2)N=C1Cl. The van der Waals surface area contributed by atoms with E-state index < -0.39 is 5.97 Å². The van der Waals surface area contributed by atoms with E-state index in [1.165, 1.54) is 19.3 Å². The summed E-state index contributed by atoms with van der Waals surface area (Å²) in [6, 6.07) is 11.4. The van der Waals surface area contributed by atoms with Crippen molar-refractivity contribution < 1.29 is 9.53 Å². The molecule has 0 unspecified atom stereocenters. The number of halogens is 1. The van der Waals surface area contributed by atoms with Crippen LogP contribution < -0.4 is 5.32 Å². The second kappa shape index (κ2) is 8.68. The van der Waals surface area contributed by atoms with Gasteiger partial charge in [0.25, 0.3) is 0 Å². The van der Waals surface area contributed by atoms with Gasteiger partial charge in [0, 0.05) is 11.8 Å². The van der Waals surface area contributed by atoms with Crippen LogP contribution in [0.3, 0.4) is 0 Å². The fourth-order valence-electron chi connectivity index (χ4n) is 3.15. The molecule has 1 aliphatic carbocycles. The Morgan fingerprint density at radius 1 is 1.27 bits per heavy atom. The molecule has 1 aromatic rings. The number of allylic oxidation sites excluding steroid dienone is 1. The molecular formula is C20H20ClN3O2. The number of esters is 1. The Bertz CT molecular complexity index is 800. The molecule has 1 fully saturated rings. The molecule has 0 spiro atoms. The van der Waals surface area contributed by atoms with Crippen LogP contribution in [0.25, 0.3) is 5.70 Å². The van der Waals surface area contributed by atoms with Crippen LogP contribution in [0.5, 0.6) is 0 Å². The first kappa shape index (κ1) is 18.2. The summed E-state index contributed by atoms with van der Waals surface area (Å²) in [4.78, 5) is 16.6. The topological polar surface area (TPSA) is 74.5 Å². The molecule has 0 amide bonds. The lowest BCUT2D eigenvalue weighted by molar-refractivity contribution is -0.140. The van der Waals surface area contributed by atoms with E-state index in [1.807, 2.05) is 36.4 Å². The molecule has 0 radical (unpaired) electrons. The molecule has 0 saturated heterocycles. The van der Waals surface area contributed by atoms with Crippen LogP contribution in [-0.4, -0.2) is 17.7 Å². The van der Waals surface area contributed by atoms with Crippen LogP contribution in [0.1, 0.15) is 37.7 Å². The average Bonchev–Trinajstić information content (AvgIpc) is 2.69. The minimum Gasteiger partial charge on any atom is -0.461 e. The molecule has 2 aliphatic rings. The van der Waals surface area contributed by atoms with Crippen LogP contribution in [0.15, 0.2) is 52.8 Å². The molecular weight excluding hydrogens is 350 g/mol. The van der Waals surface area contributed by atoms with Crippen LogP contribution in [-0.2, 0) is 9.53 Å². The molecule has 0 bridgehead atoms. The summed E-state index contributed by atoms with van der Waals surface area (Å²) in [5.41, 5.74) is 1.54. The first-order valence-corrected chi connectivity index (χ1v) is 9.15. The predicted octanol–water partition coefficient (Wildman–Crippen LogP) is 4.13. The minimum absolute atomic E-state index is 0.0671. The van der Waals surface area contributed by atoms with Gasteiger partial charge in [-0.1, -0.05) is 61.2 Å². The maximum Gasteiger partial charge on any atom is 0.351 e. The van der Waals surface area contributed by atoms with Crippen molar-refractivity contribution in [2.24, 2.45) is 10.9 Å². The number of carbonyl (C=O) groups is 1. The monoisotopic (exact) mass is 369 g/mol. The summed E-state index contributed by atoms with van der Waals surface area (Å²) in [6.45, 7) is 0.344. The van der Waals surface area contributed by atoms with Gasteiger partial charge in [0.1, 0.15) is 11.8 Å². The Balaban J connectivity index is 1.71. The van der Waals surface area contributed by atoms with Gasteiger partial charge >= 0.3 is 5.97 Å². The smallest absolute Gasteiger partial charge is 0.351 e. The Kier molecular flexibility index (Phi) is 6.08. The third-order valence-electron chi connectivity index (χ3n) is 4.59. The van der Waals surface area contributed by atoms with Gasteiger partial charge < -0.3 is 10.1 Å². The van der Waals surface area contributed by atoms with Crippen LogP contribution in [0.4, 0.5) is 0 Å². The van der Waals surface area contributed by atoms with Gasteiger partial charge in [-0.15, -0.1) is 0 Å². The summed E-state index contributed by atoms with van der Waals surface area (Å²) >= 11 is 6.22. The van der Waals surface area contributed by atoms with E-state index in [-0.39, 0.29) is 16.4 Å². The normalized spacial score (nSPS) is 19.5. The highest BCUT2D eigenvalue weighted by Gasteiger charge is 2.24. The van der Waals surface area contributed by atoms with Gasteiger partial charge in [-0.25, -0.2) is 9.79 Å². The lowest BCUT2D eigenvalue weighted by atomic mass is 9.90. The lowest BCUT2D eigenvalue weighted by Gasteiger charge is -2.21. The van der Waals surface area contributed by atoms with E-state index in [9.17, 15) is 10.1 Å². The van der Waals surface area contributed by atoms with Crippen molar-refractivity contribution in [2.75, 3.05) is 6.61 Å². The molecule has 26 heavy (non-hydrogen) atoms. The zero-order valence-corrected chi connectivity index (χ0v) is 15.1. The van der Waals surface area contributed by atoms with E-state index in [2.05, 4.69) is 10.3 Å². The number of nitrogens with one attached hydrogen (secondary N) is 1. The fraction of sp³-hybridized carbons (Fsp3) is 0.350. The molecule has 1 saturated carbocycles. The number of hydrogen-bond acceptors (Lipinski definition) is 5. The lowest BCUT2D eigenvalue weighted by Crippen LogP contribution is -2.24. The van der Waals surface area contributed by atoms with E-state index in [1.54, 1.807) is 6.20 Å². The number of carbonyl (C=O) groups excluding carboxylic acids is 1. The number of rotatable bonds is 4. The van der Waals surface area contributed by atoms with Gasteiger partial charge in [0.05, 0.1) is 12.3 Å². The van der Waals surface area contributed by atoms with Crippen molar-refractivity contribution in [3.8, 4) is 6.07 Å². The summed E-state index contributed by atoms with van der Waals surface area (Å²) in [5.74, 6) is -0.281. The van der Waals surface area contributed by atoms with Crippen molar-refractivity contribution >= 4 is 28.4 Å². The molecule has 6 heteroatoms. The number of nitrogens with zero attached hydrogens (tertiary/aromatic N) is 2. The number of ether oxygens (including phenoxy) is 1. The fourth-order valence-corrected chi connectivity index (χ4v) is 3.39. The third kappa shape index (κ3) is 4.33. The number of hydrogen-bond donors (Lipinski definition) is 1. The van der Waals surface area contributed by atoms with Crippen molar-refractivity contribution in [1.29, 1.82) is 5.26 Å². The summed E-state index contributed by atoms with van der Waals surface area (Å²) in [6.07, 6.45) is 7.33. The quantitative estimate of drug-likeness (QED) is 0.492. The summed E-state index contributed by atoms with van der Waals surface area (Å²) < 4.78 is 5.35. The molecule has 5 nitrogen and oxygen atoms in total. The van der Waals surface area contributed by atoms with Crippen molar-refractivity contribution in [2.45, 2.75) is 32.1 Å². The van der Waals surface area contributed by atoms with Gasteiger partial charge in [-0.2, -0.15) is 5.26 Å².